The zero-order valence-corrected chi connectivity index (χ0v) is 11.2. The van der Waals surface area contributed by atoms with Crippen LogP contribution in [0.2, 0.25) is 0 Å². The number of ether oxygens (including phenoxy) is 1. The van der Waals surface area contributed by atoms with Crippen LogP contribution < -0.4 is 4.74 Å². The number of carbonyl (C=O) groups excluding carboxylic acids is 1. The van der Waals surface area contributed by atoms with Crippen molar-refractivity contribution in [3.05, 3.63) is 23.8 Å². The molecule has 1 aliphatic rings. The fraction of sp³-hybridized carbons (Fsp3) is 0.462. The normalized spacial score (nSPS) is 14.5. The third-order valence-corrected chi connectivity index (χ3v) is 3.39. The van der Waals surface area contributed by atoms with E-state index in [1.165, 1.54) is 0 Å². The van der Waals surface area contributed by atoms with Crippen LogP contribution in [0.1, 0.15) is 23.2 Å². The molecule has 0 atom stereocenters. The van der Waals surface area contributed by atoms with E-state index < -0.39 is 0 Å². The van der Waals surface area contributed by atoms with Gasteiger partial charge in [0.15, 0.2) is 0 Å². The predicted octanol–water partition coefficient (Wildman–Crippen LogP) is 2.65. The smallest absolute Gasteiger partial charge is 0.253 e. The van der Waals surface area contributed by atoms with Crippen molar-refractivity contribution in [3.8, 4) is 5.75 Å². The van der Waals surface area contributed by atoms with Gasteiger partial charge in [0.2, 0.25) is 0 Å². The molecule has 2 rings (SSSR count). The summed E-state index contributed by atoms with van der Waals surface area (Å²) in [6.07, 6.45) is 4.67. The fourth-order valence-electron chi connectivity index (χ4n) is 1.52. The number of nitrogens with zero attached hydrogens (tertiary/aromatic N) is 1. The van der Waals surface area contributed by atoms with Gasteiger partial charge in [-0.1, -0.05) is 0 Å². The number of benzene rings is 1. The molecule has 0 unspecified atom stereocenters. The third-order valence-electron chi connectivity index (χ3n) is 2.63. The Hall–Kier alpha value is -1.16. The van der Waals surface area contributed by atoms with Crippen molar-refractivity contribution in [2.75, 3.05) is 20.4 Å². The highest BCUT2D eigenvalue weighted by Gasteiger charge is 2.24. The maximum Gasteiger partial charge on any atom is 0.253 e. The van der Waals surface area contributed by atoms with Crippen molar-refractivity contribution >= 4 is 17.7 Å². The van der Waals surface area contributed by atoms with E-state index in [2.05, 4.69) is 0 Å². The van der Waals surface area contributed by atoms with Gasteiger partial charge < -0.3 is 9.64 Å². The summed E-state index contributed by atoms with van der Waals surface area (Å²) in [5.41, 5.74) is 0.711. The lowest BCUT2D eigenvalue weighted by molar-refractivity contribution is 0.0827. The second kappa shape index (κ2) is 5.00. The van der Waals surface area contributed by atoms with Crippen LogP contribution in [-0.4, -0.2) is 37.3 Å². The SMILES string of the molecule is CSc1cc(C(=O)N(C)C)ccc1OC1CC1. The zero-order chi connectivity index (χ0) is 12.4. The van der Waals surface area contributed by atoms with Gasteiger partial charge in [-0.2, -0.15) is 0 Å². The van der Waals surface area contributed by atoms with Gasteiger partial charge in [0.05, 0.1) is 6.10 Å². The largest absolute Gasteiger partial charge is 0.489 e. The summed E-state index contributed by atoms with van der Waals surface area (Å²) in [5, 5.41) is 0. The Morgan fingerprint density at radius 3 is 2.65 bits per heavy atom. The lowest BCUT2D eigenvalue weighted by atomic mass is 10.2. The highest BCUT2D eigenvalue weighted by atomic mass is 32.2. The van der Waals surface area contributed by atoms with E-state index in [-0.39, 0.29) is 5.91 Å². The maximum atomic E-state index is 11.8. The number of rotatable bonds is 4. The summed E-state index contributed by atoms with van der Waals surface area (Å²) in [6.45, 7) is 0. The second-order valence-corrected chi connectivity index (χ2v) is 5.23. The maximum absolute atomic E-state index is 11.8. The monoisotopic (exact) mass is 251 g/mol. The predicted molar refractivity (Wildman–Crippen MR) is 69.9 cm³/mol. The fourth-order valence-corrected chi connectivity index (χ4v) is 2.08. The van der Waals surface area contributed by atoms with Gasteiger partial charge in [0.25, 0.3) is 5.91 Å². The Labute approximate surface area is 106 Å². The highest BCUT2D eigenvalue weighted by Crippen LogP contribution is 2.34. The van der Waals surface area contributed by atoms with Crippen molar-refractivity contribution < 1.29 is 9.53 Å². The van der Waals surface area contributed by atoms with Crippen LogP contribution in [0.15, 0.2) is 23.1 Å². The van der Waals surface area contributed by atoms with Crippen molar-refractivity contribution in [3.63, 3.8) is 0 Å². The molecule has 0 heterocycles. The summed E-state index contributed by atoms with van der Waals surface area (Å²) in [6, 6.07) is 5.64. The lowest BCUT2D eigenvalue weighted by Gasteiger charge is -2.13. The Morgan fingerprint density at radius 1 is 1.41 bits per heavy atom. The number of hydrogen-bond donors (Lipinski definition) is 0. The third kappa shape index (κ3) is 2.94. The molecular weight excluding hydrogens is 234 g/mol. The van der Waals surface area contributed by atoms with Crippen LogP contribution in [0.5, 0.6) is 5.75 Å². The molecule has 0 bridgehead atoms. The topological polar surface area (TPSA) is 29.5 Å². The van der Waals surface area contributed by atoms with Crippen LogP contribution in [0, 0.1) is 0 Å². The molecule has 0 aliphatic heterocycles. The molecule has 4 heteroatoms. The van der Waals surface area contributed by atoms with Gasteiger partial charge in [0.1, 0.15) is 5.75 Å². The molecule has 0 radical (unpaired) electrons. The number of carbonyl (C=O) groups is 1. The van der Waals surface area contributed by atoms with Gasteiger partial charge in [-0.25, -0.2) is 0 Å². The van der Waals surface area contributed by atoms with Gasteiger partial charge in [-0.05, 0) is 37.3 Å². The van der Waals surface area contributed by atoms with Crippen LogP contribution >= 0.6 is 11.8 Å². The molecule has 1 saturated carbocycles. The van der Waals surface area contributed by atoms with Gasteiger partial charge in [-0.15, -0.1) is 11.8 Å². The first-order valence-electron chi connectivity index (χ1n) is 5.68. The molecule has 1 aliphatic carbocycles. The van der Waals surface area contributed by atoms with Crippen molar-refractivity contribution in [2.24, 2.45) is 0 Å². The average Bonchev–Trinajstić information content (AvgIpc) is 3.12. The van der Waals surface area contributed by atoms with Crippen molar-refractivity contribution in [1.82, 2.24) is 4.90 Å². The first kappa shape index (κ1) is 12.3. The Bertz CT molecular complexity index is 427. The van der Waals surface area contributed by atoms with Crippen molar-refractivity contribution in [1.29, 1.82) is 0 Å². The molecular formula is C13H17NO2S. The molecule has 1 amide bonds. The van der Waals surface area contributed by atoms with E-state index in [0.717, 1.165) is 23.5 Å². The van der Waals surface area contributed by atoms with Crippen LogP contribution in [-0.2, 0) is 0 Å². The summed E-state index contributed by atoms with van der Waals surface area (Å²) < 4.78 is 5.80. The number of thioether (sulfide) groups is 1. The second-order valence-electron chi connectivity index (χ2n) is 4.38. The van der Waals surface area contributed by atoms with E-state index in [4.69, 9.17) is 4.74 Å². The highest BCUT2D eigenvalue weighted by molar-refractivity contribution is 7.98. The van der Waals surface area contributed by atoms with E-state index in [0.29, 0.717) is 11.7 Å². The van der Waals surface area contributed by atoms with Crippen molar-refractivity contribution in [2.45, 2.75) is 23.8 Å². The first-order valence-corrected chi connectivity index (χ1v) is 6.90. The molecule has 3 nitrogen and oxygen atoms in total. The molecule has 92 valence electrons. The Kier molecular flexibility index (Phi) is 3.62. The summed E-state index contributed by atoms with van der Waals surface area (Å²) in [5.74, 6) is 0.925. The molecule has 0 saturated heterocycles. The van der Waals surface area contributed by atoms with Crippen LogP contribution in [0.3, 0.4) is 0 Å². The first-order chi connectivity index (χ1) is 8.11. The Morgan fingerprint density at radius 2 is 2.12 bits per heavy atom. The standard InChI is InChI=1S/C13H17NO2S/c1-14(2)13(15)9-4-7-11(12(8-9)17-3)16-10-5-6-10/h4,7-8,10H,5-6H2,1-3H3. The van der Waals surface area contributed by atoms with Crippen LogP contribution in [0.25, 0.3) is 0 Å². The minimum atomic E-state index is 0.0262. The van der Waals surface area contributed by atoms with E-state index in [1.807, 2.05) is 24.5 Å². The molecule has 1 fully saturated rings. The zero-order valence-electron chi connectivity index (χ0n) is 10.4. The van der Waals surface area contributed by atoms with Gasteiger partial charge in [0, 0.05) is 24.6 Å². The number of hydrogen-bond acceptors (Lipinski definition) is 3. The van der Waals surface area contributed by atoms with E-state index in [1.54, 1.807) is 30.8 Å². The molecule has 0 aromatic heterocycles. The molecule has 1 aromatic rings. The summed E-state index contributed by atoms with van der Waals surface area (Å²) in [4.78, 5) is 14.5. The lowest BCUT2D eigenvalue weighted by Crippen LogP contribution is -2.21. The molecule has 1 aromatic carbocycles. The molecule has 17 heavy (non-hydrogen) atoms. The summed E-state index contributed by atoms with van der Waals surface area (Å²) >= 11 is 1.61. The average molecular weight is 251 g/mol. The molecule has 0 N–H and O–H groups in total. The molecule has 0 spiro atoms. The Balaban J connectivity index is 2.23. The van der Waals surface area contributed by atoms with Gasteiger partial charge in [-0.3, -0.25) is 4.79 Å². The quantitative estimate of drug-likeness (QED) is 0.770. The minimum absolute atomic E-state index is 0.0262. The van der Waals surface area contributed by atoms with E-state index in [9.17, 15) is 4.79 Å². The minimum Gasteiger partial charge on any atom is -0.489 e. The van der Waals surface area contributed by atoms with Crippen LogP contribution in [0.4, 0.5) is 0 Å². The van der Waals surface area contributed by atoms with E-state index >= 15 is 0 Å². The number of amides is 1. The van der Waals surface area contributed by atoms with Gasteiger partial charge >= 0.3 is 0 Å². The summed E-state index contributed by atoms with van der Waals surface area (Å²) in [7, 11) is 3.52.